The summed E-state index contributed by atoms with van der Waals surface area (Å²) in [5, 5.41) is 3.04. The molecule has 1 amide bonds. The van der Waals surface area contributed by atoms with E-state index >= 15 is 0 Å². The predicted octanol–water partition coefficient (Wildman–Crippen LogP) is 2.95. The number of carbonyl (C=O) groups excluding carboxylic acids is 2. The number of pyridine rings is 2. The van der Waals surface area contributed by atoms with E-state index in [1.807, 2.05) is 0 Å². The summed E-state index contributed by atoms with van der Waals surface area (Å²) >= 11 is 5.72. The van der Waals surface area contributed by atoms with Crippen LogP contribution in [0.2, 0.25) is 5.02 Å². The zero-order valence-electron chi connectivity index (χ0n) is 12.0. The number of hydrogen-bond donors (Lipinski definition) is 1. The second kappa shape index (κ2) is 7.00. The smallest absolute Gasteiger partial charge is 0.357 e. The Kier molecular flexibility index (Phi) is 5.06. The van der Waals surface area contributed by atoms with Crippen LogP contribution in [-0.2, 0) is 4.74 Å². The Balaban J connectivity index is 2.13. The molecule has 0 saturated heterocycles. The number of esters is 1. The molecule has 2 aromatic rings. The van der Waals surface area contributed by atoms with Crippen LogP contribution < -0.4 is 5.32 Å². The van der Waals surface area contributed by atoms with Gasteiger partial charge in [0.1, 0.15) is 17.2 Å². The summed E-state index contributed by atoms with van der Waals surface area (Å²) in [7, 11) is 0. The molecule has 6 nitrogen and oxygen atoms in total. The van der Waals surface area contributed by atoms with Gasteiger partial charge < -0.3 is 10.1 Å². The lowest BCUT2D eigenvalue weighted by Crippen LogP contribution is -2.18. The van der Waals surface area contributed by atoms with Gasteiger partial charge in [0.2, 0.25) is 0 Å². The zero-order valence-corrected chi connectivity index (χ0v) is 12.8. The van der Waals surface area contributed by atoms with Crippen LogP contribution >= 0.6 is 11.6 Å². The third kappa shape index (κ3) is 4.26. The standard InChI is InChI=1S/C15H14ClN3O3/c1-9(2)22-15(21)12-5-3-4-11(18-12)14(20)19-13-7-6-10(16)8-17-13/h3-9H,1-2H3,(H,17,19,20). The van der Waals surface area contributed by atoms with Crippen LogP contribution in [0.15, 0.2) is 36.5 Å². The number of nitrogens with zero attached hydrogens (tertiary/aromatic N) is 2. The summed E-state index contributed by atoms with van der Waals surface area (Å²) < 4.78 is 5.04. The molecule has 0 atom stereocenters. The molecule has 0 radical (unpaired) electrons. The lowest BCUT2D eigenvalue weighted by molar-refractivity contribution is 0.0371. The summed E-state index contributed by atoms with van der Waals surface area (Å²) in [5.41, 5.74) is 0.167. The van der Waals surface area contributed by atoms with E-state index in [4.69, 9.17) is 16.3 Å². The Morgan fingerprint density at radius 1 is 1.18 bits per heavy atom. The van der Waals surface area contributed by atoms with Crippen molar-refractivity contribution in [3.8, 4) is 0 Å². The molecule has 0 saturated carbocycles. The van der Waals surface area contributed by atoms with Crippen LogP contribution in [0.1, 0.15) is 34.8 Å². The molecule has 0 bridgehead atoms. The molecule has 1 N–H and O–H groups in total. The van der Waals surface area contributed by atoms with Crippen molar-refractivity contribution in [2.45, 2.75) is 20.0 Å². The van der Waals surface area contributed by atoms with Crippen molar-refractivity contribution < 1.29 is 14.3 Å². The second-order valence-corrected chi connectivity index (χ2v) is 5.11. The molecule has 114 valence electrons. The number of amides is 1. The summed E-state index contributed by atoms with van der Waals surface area (Å²) in [6.07, 6.45) is 1.16. The van der Waals surface area contributed by atoms with Crippen molar-refractivity contribution in [3.05, 3.63) is 52.9 Å². The molecule has 22 heavy (non-hydrogen) atoms. The Labute approximate surface area is 132 Å². The van der Waals surface area contributed by atoms with Crippen molar-refractivity contribution >= 4 is 29.3 Å². The maximum atomic E-state index is 12.1. The van der Waals surface area contributed by atoms with E-state index in [0.29, 0.717) is 10.8 Å². The molecule has 0 unspecified atom stereocenters. The summed E-state index contributed by atoms with van der Waals surface area (Å²) in [5.74, 6) is -0.713. The Morgan fingerprint density at radius 2 is 1.91 bits per heavy atom. The lowest BCUT2D eigenvalue weighted by Gasteiger charge is -2.08. The van der Waals surface area contributed by atoms with E-state index in [-0.39, 0.29) is 17.5 Å². The molecule has 2 rings (SSSR count). The average molecular weight is 320 g/mol. The Bertz CT molecular complexity index is 687. The van der Waals surface area contributed by atoms with Gasteiger partial charge in [-0.15, -0.1) is 0 Å². The normalized spacial score (nSPS) is 10.4. The maximum Gasteiger partial charge on any atom is 0.357 e. The van der Waals surface area contributed by atoms with Crippen molar-refractivity contribution in [1.29, 1.82) is 0 Å². The van der Waals surface area contributed by atoms with Crippen LogP contribution in [0.3, 0.4) is 0 Å². The van der Waals surface area contributed by atoms with Crippen LogP contribution in [0.4, 0.5) is 5.82 Å². The monoisotopic (exact) mass is 319 g/mol. The van der Waals surface area contributed by atoms with E-state index in [9.17, 15) is 9.59 Å². The van der Waals surface area contributed by atoms with E-state index in [2.05, 4.69) is 15.3 Å². The fraction of sp³-hybridized carbons (Fsp3) is 0.200. The molecule has 2 heterocycles. The minimum atomic E-state index is -0.575. The van der Waals surface area contributed by atoms with Crippen molar-refractivity contribution in [2.75, 3.05) is 5.32 Å². The molecule has 0 aliphatic rings. The van der Waals surface area contributed by atoms with Gasteiger partial charge in [-0.05, 0) is 38.1 Å². The lowest BCUT2D eigenvalue weighted by atomic mass is 10.3. The first-order valence-electron chi connectivity index (χ1n) is 6.56. The molecule has 0 aliphatic carbocycles. The van der Waals surface area contributed by atoms with Gasteiger partial charge in [-0.1, -0.05) is 17.7 Å². The molecule has 0 aromatic carbocycles. The molecular formula is C15H14ClN3O3. The number of aromatic nitrogens is 2. The Hall–Kier alpha value is -2.47. The molecular weight excluding hydrogens is 306 g/mol. The maximum absolute atomic E-state index is 12.1. The number of rotatable bonds is 4. The van der Waals surface area contributed by atoms with Crippen molar-refractivity contribution in [3.63, 3.8) is 0 Å². The van der Waals surface area contributed by atoms with Gasteiger partial charge in [0.15, 0.2) is 0 Å². The number of anilines is 1. The number of carbonyl (C=O) groups is 2. The van der Waals surface area contributed by atoms with Crippen molar-refractivity contribution in [2.24, 2.45) is 0 Å². The molecule has 0 aliphatic heterocycles. The van der Waals surface area contributed by atoms with Crippen molar-refractivity contribution in [1.82, 2.24) is 9.97 Å². The first-order chi connectivity index (χ1) is 10.5. The third-order valence-electron chi connectivity index (χ3n) is 2.50. The quantitative estimate of drug-likeness (QED) is 0.876. The summed E-state index contributed by atoms with van der Waals surface area (Å²) in [6, 6.07) is 7.72. The third-order valence-corrected chi connectivity index (χ3v) is 2.73. The molecule has 0 fully saturated rings. The highest BCUT2D eigenvalue weighted by Crippen LogP contribution is 2.11. The summed E-state index contributed by atoms with van der Waals surface area (Å²) in [6.45, 7) is 3.47. The van der Waals surface area contributed by atoms with Gasteiger partial charge in [-0.3, -0.25) is 4.79 Å². The fourth-order valence-corrected chi connectivity index (χ4v) is 1.69. The minimum Gasteiger partial charge on any atom is -0.458 e. The molecule has 7 heteroatoms. The highest BCUT2D eigenvalue weighted by Gasteiger charge is 2.14. The largest absolute Gasteiger partial charge is 0.458 e. The SMILES string of the molecule is CC(C)OC(=O)c1cccc(C(=O)Nc2ccc(Cl)cn2)n1. The molecule has 2 aromatic heterocycles. The van der Waals surface area contributed by atoms with Gasteiger partial charge >= 0.3 is 5.97 Å². The van der Waals surface area contributed by atoms with Gasteiger partial charge in [0.25, 0.3) is 5.91 Å². The van der Waals surface area contributed by atoms with Gasteiger partial charge in [-0.25, -0.2) is 14.8 Å². The van der Waals surface area contributed by atoms with E-state index in [1.165, 1.54) is 18.3 Å². The Morgan fingerprint density at radius 3 is 2.55 bits per heavy atom. The van der Waals surface area contributed by atoms with Gasteiger partial charge in [0.05, 0.1) is 11.1 Å². The first kappa shape index (κ1) is 15.9. The van der Waals surface area contributed by atoms with E-state index < -0.39 is 11.9 Å². The predicted molar refractivity (Wildman–Crippen MR) is 82.0 cm³/mol. The second-order valence-electron chi connectivity index (χ2n) is 4.68. The van der Waals surface area contributed by atoms with Gasteiger partial charge in [-0.2, -0.15) is 0 Å². The number of halogens is 1. The number of ether oxygens (including phenoxy) is 1. The zero-order chi connectivity index (χ0) is 16.1. The molecule has 0 spiro atoms. The van der Waals surface area contributed by atoms with E-state index in [1.54, 1.807) is 32.0 Å². The number of hydrogen-bond acceptors (Lipinski definition) is 5. The van der Waals surface area contributed by atoms with Crippen LogP contribution in [0.25, 0.3) is 0 Å². The highest BCUT2D eigenvalue weighted by molar-refractivity contribution is 6.30. The number of nitrogens with one attached hydrogen (secondary N) is 1. The highest BCUT2D eigenvalue weighted by atomic mass is 35.5. The fourth-order valence-electron chi connectivity index (χ4n) is 1.58. The van der Waals surface area contributed by atoms with Gasteiger partial charge in [0, 0.05) is 6.20 Å². The van der Waals surface area contributed by atoms with Crippen LogP contribution in [0, 0.1) is 0 Å². The topological polar surface area (TPSA) is 81.2 Å². The van der Waals surface area contributed by atoms with Crippen LogP contribution in [-0.4, -0.2) is 27.9 Å². The van der Waals surface area contributed by atoms with Crippen LogP contribution in [0.5, 0.6) is 0 Å². The average Bonchev–Trinajstić information content (AvgIpc) is 2.49. The summed E-state index contributed by atoms with van der Waals surface area (Å²) in [4.78, 5) is 31.8. The van der Waals surface area contributed by atoms with E-state index in [0.717, 1.165) is 0 Å². The minimum absolute atomic E-state index is 0.0745. The first-order valence-corrected chi connectivity index (χ1v) is 6.94.